The van der Waals surface area contributed by atoms with Gasteiger partial charge in [0.2, 0.25) is 0 Å². The van der Waals surface area contributed by atoms with Crippen LogP contribution in [0.1, 0.15) is 5.56 Å². The van der Waals surface area contributed by atoms with Gasteiger partial charge in [0.05, 0.1) is 11.6 Å². The Morgan fingerprint density at radius 1 is 1.24 bits per heavy atom. The summed E-state index contributed by atoms with van der Waals surface area (Å²) in [4.78, 5) is 10.8. The van der Waals surface area contributed by atoms with E-state index in [0.717, 1.165) is 21.5 Å². The first-order valence-corrected chi connectivity index (χ1v) is 7.10. The van der Waals surface area contributed by atoms with E-state index in [-0.39, 0.29) is 0 Å². The Kier molecular flexibility index (Phi) is 5.05. The number of ether oxygens (including phenoxy) is 1. The first-order chi connectivity index (χ1) is 10.1. The molecule has 2 aromatic rings. The largest absolute Gasteiger partial charge is 0.496 e. The number of nitrogens with two attached hydrogens (primary N) is 1. The molecule has 21 heavy (non-hydrogen) atoms. The summed E-state index contributed by atoms with van der Waals surface area (Å²) >= 11 is 3.46. The van der Waals surface area contributed by atoms with Gasteiger partial charge in [0.1, 0.15) is 5.75 Å². The molecular formula is C15H16BrN3O2. The molecule has 0 radical (unpaired) electrons. The molecule has 0 heterocycles. The fraction of sp³-hybridized carbons (Fsp3) is 0.133. The van der Waals surface area contributed by atoms with Gasteiger partial charge in [0.25, 0.3) is 0 Å². The van der Waals surface area contributed by atoms with E-state index in [4.69, 9.17) is 10.5 Å². The fourth-order valence-corrected chi connectivity index (χ4v) is 2.46. The van der Waals surface area contributed by atoms with Gasteiger partial charge in [-0.1, -0.05) is 12.1 Å². The highest BCUT2D eigenvalue weighted by Crippen LogP contribution is 2.26. The van der Waals surface area contributed by atoms with Crippen molar-refractivity contribution in [2.24, 2.45) is 5.73 Å². The van der Waals surface area contributed by atoms with Crippen LogP contribution < -0.4 is 21.1 Å². The minimum atomic E-state index is -0.578. The molecule has 0 saturated heterocycles. The van der Waals surface area contributed by atoms with E-state index in [2.05, 4.69) is 26.6 Å². The van der Waals surface area contributed by atoms with Gasteiger partial charge < -0.3 is 21.1 Å². The van der Waals surface area contributed by atoms with Crippen molar-refractivity contribution < 1.29 is 9.53 Å². The van der Waals surface area contributed by atoms with Gasteiger partial charge >= 0.3 is 6.03 Å². The SMILES string of the molecule is COc1ccc(CNc2cccc(NC(N)=O)c2)cc1Br. The summed E-state index contributed by atoms with van der Waals surface area (Å²) in [7, 11) is 1.63. The zero-order valence-electron chi connectivity index (χ0n) is 11.5. The number of hydrogen-bond acceptors (Lipinski definition) is 3. The van der Waals surface area contributed by atoms with Gasteiger partial charge in [0.15, 0.2) is 0 Å². The van der Waals surface area contributed by atoms with Crippen LogP contribution in [0.25, 0.3) is 0 Å². The summed E-state index contributed by atoms with van der Waals surface area (Å²) in [5.74, 6) is 0.798. The number of methoxy groups -OCH3 is 1. The average molecular weight is 350 g/mol. The van der Waals surface area contributed by atoms with Crippen LogP contribution in [-0.4, -0.2) is 13.1 Å². The minimum Gasteiger partial charge on any atom is -0.496 e. The molecule has 5 nitrogen and oxygen atoms in total. The predicted molar refractivity (Wildman–Crippen MR) is 87.7 cm³/mol. The topological polar surface area (TPSA) is 76.4 Å². The van der Waals surface area contributed by atoms with Crippen LogP contribution in [0.2, 0.25) is 0 Å². The Morgan fingerprint density at radius 2 is 2.00 bits per heavy atom. The molecule has 0 bridgehead atoms. The lowest BCUT2D eigenvalue weighted by Crippen LogP contribution is -2.19. The molecule has 6 heteroatoms. The number of rotatable bonds is 5. The third-order valence-electron chi connectivity index (χ3n) is 2.84. The standard InChI is InChI=1S/C15H16BrN3O2/c1-21-14-6-5-10(7-13(14)16)9-18-11-3-2-4-12(8-11)19-15(17)20/h2-8,18H,9H2,1H3,(H3,17,19,20). The van der Waals surface area contributed by atoms with Crippen LogP contribution >= 0.6 is 15.9 Å². The van der Waals surface area contributed by atoms with Crippen molar-refractivity contribution in [1.29, 1.82) is 0 Å². The number of hydrogen-bond donors (Lipinski definition) is 3. The average Bonchev–Trinajstić information content (AvgIpc) is 2.45. The summed E-state index contributed by atoms with van der Waals surface area (Å²) in [5.41, 5.74) is 7.76. The van der Waals surface area contributed by atoms with Gasteiger partial charge in [-0.2, -0.15) is 0 Å². The Balaban J connectivity index is 2.02. The Bertz CT molecular complexity index is 647. The Labute approximate surface area is 131 Å². The van der Waals surface area contributed by atoms with Crippen molar-refractivity contribution in [3.8, 4) is 5.75 Å². The summed E-state index contributed by atoms with van der Waals surface area (Å²) in [6.07, 6.45) is 0. The smallest absolute Gasteiger partial charge is 0.316 e. The molecular weight excluding hydrogens is 334 g/mol. The molecule has 0 spiro atoms. The summed E-state index contributed by atoms with van der Waals surface area (Å²) in [5, 5.41) is 5.83. The second kappa shape index (κ2) is 6.99. The molecule has 0 atom stereocenters. The number of carbonyl (C=O) groups excluding carboxylic acids is 1. The minimum absolute atomic E-state index is 0.578. The van der Waals surface area contributed by atoms with E-state index >= 15 is 0 Å². The van der Waals surface area contributed by atoms with E-state index in [0.29, 0.717) is 12.2 Å². The monoisotopic (exact) mass is 349 g/mol. The van der Waals surface area contributed by atoms with Gasteiger partial charge in [-0.05, 0) is 51.8 Å². The highest BCUT2D eigenvalue weighted by atomic mass is 79.9. The molecule has 2 amide bonds. The first kappa shape index (κ1) is 15.2. The van der Waals surface area contributed by atoms with Crippen molar-refractivity contribution in [1.82, 2.24) is 0 Å². The van der Waals surface area contributed by atoms with Crippen molar-refractivity contribution in [2.45, 2.75) is 6.54 Å². The summed E-state index contributed by atoms with van der Waals surface area (Å²) in [6, 6.07) is 12.7. The lowest BCUT2D eigenvalue weighted by molar-refractivity contribution is 0.259. The maximum atomic E-state index is 10.8. The van der Waals surface area contributed by atoms with Gasteiger partial charge in [0, 0.05) is 17.9 Å². The molecule has 0 saturated carbocycles. The van der Waals surface area contributed by atoms with Crippen molar-refractivity contribution in [2.75, 3.05) is 17.7 Å². The van der Waals surface area contributed by atoms with Crippen LogP contribution in [0.15, 0.2) is 46.9 Å². The molecule has 2 rings (SSSR count). The number of urea groups is 1. The quantitative estimate of drug-likeness (QED) is 0.772. The van der Waals surface area contributed by atoms with Crippen molar-refractivity contribution in [3.63, 3.8) is 0 Å². The molecule has 0 aliphatic heterocycles. The molecule has 0 unspecified atom stereocenters. The van der Waals surface area contributed by atoms with Crippen LogP contribution in [-0.2, 0) is 6.54 Å². The number of amides is 2. The highest BCUT2D eigenvalue weighted by molar-refractivity contribution is 9.10. The number of anilines is 2. The summed E-state index contributed by atoms with van der Waals surface area (Å²) in [6.45, 7) is 0.655. The predicted octanol–water partition coefficient (Wildman–Crippen LogP) is 3.56. The van der Waals surface area contributed by atoms with E-state index in [1.54, 1.807) is 13.2 Å². The number of carbonyl (C=O) groups is 1. The third kappa shape index (κ3) is 4.39. The second-order valence-corrected chi connectivity index (χ2v) is 5.25. The number of benzene rings is 2. The van der Waals surface area contributed by atoms with E-state index in [1.165, 1.54) is 0 Å². The maximum Gasteiger partial charge on any atom is 0.316 e. The van der Waals surface area contributed by atoms with Crippen LogP contribution in [0.4, 0.5) is 16.2 Å². The van der Waals surface area contributed by atoms with Gasteiger partial charge in [-0.3, -0.25) is 0 Å². The van der Waals surface area contributed by atoms with Crippen LogP contribution in [0.3, 0.4) is 0 Å². The Hall–Kier alpha value is -2.21. The van der Waals surface area contributed by atoms with Gasteiger partial charge in [-0.15, -0.1) is 0 Å². The number of nitrogens with one attached hydrogen (secondary N) is 2. The fourth-order valence-electron chi connectivity index (χ4n) is 1.87. The van der Waals surface area contributed by atoms with Crippen molar-refractivity contribution in [3.05, 3.63) is 52.5 Å². The molecule has 4 N–H and O–H groups in total. The van der Waals surface area contributed by atoms with Gasteiger partial charge in [-0.25, -0.2) is 4.79 Å². The zero-order valence-corrected chi connectivity index (χ0v) is 13.1. The van der Waals surface area contributed by atoms with Crippen LogP contribution in [0.5, 0.6) is 5.75 Å². The first-order valence-electron chi connectivity index (χ1n) is 6.31. The Morgan fingerprint density at radius 3 is 2.67 bits per heavy atom. The molecule has 110 valence electrons. The highest BCUT2D eigenvalue weighted by Gasteiger charge is 2.02. The van der Waals surface area contributed by atoms with E-state index < -0.39 is 6.03 Å². The molecule has 0 fully saturated rings. The van der Waals surface area contributed by atoms with Crippen molar-refractivity contribution >= 4 is 33.3 Å². The third-order valence-corrected chi connectivity index (χ3v) is 3.46. The lowest BCUT2D eigenvalue weighted by atomic mass is 10.2. The second-order valence-electron chi connectivity index (χ2n) is 4.39. The van der Waals surface area contributed by atoms with E-state index in [1.807, 2.05) is 36.4 Å². The number of halogens is 1. The maximum absolute atomic E-state index is 10.8. The molecule has 0 aliphatic carbocycles. The zero-order chi connectivity index (χ0) is 15.2. The number of primary amides is 1. The summed E-state index contributed by atoms with van der Waals surface area (Å²) < 4.78 is 6.11. The molecule has 2 aromatic carbocycles. The molecule has 0 aliphatic rings. The van der Waals surface area contributed by atoms with E-state index in [9.17, 15) is 4.79 Å². The van der Waals surface area contributed by atoms with Crippen LogP contribution in [0, 0.1) is 0 Å². The normalized spacial score (nSPS) is 10.0. The lowest BCUT2D eigenvalue weighted by Gasteiger charge is -2.10. The molecule has 0 aromatic heterocycles.